The molecule has 0 spiro atoms. The number of nitrogens with one attached hydrogen (secondary N) is 1. The van der Waals surface area contributed by atoms with Crippen molar-refractivity contribution >= 4 is 17.7 Å². The minimum Gasteiger partial charge on any atom is -0.345 e. The van der Waals surface area contributed by atoms with Gasteiger partial charge in [0.05, 0.1) is 18.0 Å². The Morgan fingerprint density at radius 3 is 2.09 bits per heavy atom. The second kappa shape index (κ2) is 11.9. The first-order chi connectivity index (χ1) is 22.0. The van der Waals surface area contributed by atoms with Crippen LogP contribution in [0.2, 0.25) is 0 Å². The Hall–Kier alpha value is -4.63. The number of nitriles is 1. The summed E-state index contributed by atoms with van der Waals surface area (Å²) < 4.78 is 1.68. The summed E-state index contributed by atoms with van der Waals surface area (Å²) in [5.74, 6) is 0.847. The average Bonchev–Trinajstić information content (AvgIpc) is 3.53. The highest BCUT2D eigenvalue weighted by Crippen LogP contribution is 2.49. The zero-order valence-corrected chi connectivity index (χ0v) is 27.3. The molecular formula is C34H41N9O3. The third-order valence-corrected chi connectivity index (χ3v) is 9.86. The molecule has 0 radical (unpaired) electrons. The highest BCUT2D eigenvalue weighted by molar-refractivity contribution is 5.95. The molecule has 1 saturated carbocycles. The van der Waals surface area contributed by atoms with Crippen LogP contribution >= 0.6 is 0 Å². The van der Waals surface area contributed by atoms with Gasteiger partial charge in [-0.1, -0.05) is 12.1 Å². The van der Waals surface area contributed by atoms with E-state index in [9.17, 15) is 19.6 Å². The minimum absolute atomic E-state index is 0.0573. The molecule has 12 heteroatoms. The van der Waals surface area contributed by atoms with Gasteiger partial charge in [-0.25, -0.2) is 4.68 Å². The summed E-state index contributed by atoms with van der Waals surface area (Å²) in [5.41, 5.74) is 4.28. The first-order valence-electron chi connectivity index (χ1n) is 15.8. The van der Waals surface area contributed by atoms with Gasteiger partial charge in [0.2, 0.25) is 5.91 Å². The van der Waals surface area contributed by atoms with E-state index in [1.165, 1.54) is 0 Å². The number of piperidine rings is 1. The highest BCUT2D eigenvalue weighted by Gasteiger charge is 2.54. The van der Waals surface area contributed by atoms with Crippen LogP contribution in [0, 0.1) is 17.2 Å². The Morgan fingerprint density at radius 2 is 1.59 bits per heavy atom. The number of benzene rings is 2. The highest BCUT2D eigenvalue weighted by atomic mass is 16.2. The van der Waals surface area contributed by atoms with E-state index in [2.05, 4.69) is 26.9 Å². The van der Waals surface area contributed by atoms with Gasteiger partial charge >= 0.3 is 0 Å². The fraction of sp³-hybridized carbons (Fsp3) is 0.500. The van der Waals surface area contributed by atoms with Crippen molar-refractivity contribution in [3.05, 3.63) is 75.6 Å². The van der Waals surface area contributed by atoms with E-state index in [-0.39, 0.29) is 42.4 Å². The molecule has 3 aliphatic rings. The molecule has 1 aromatic heterocycles. The lowest BCUT2D eigenvalue weighted by Crippen LogP contribution is -2.46. The van der Waals surface area contributed by atoms with Crippen LogP contribution < -0.4 is 5.32 Å². The van der Waals surface area contributed by atoms with Crippen molar-refractivity contribution in [2.75, 3.05) is 34.7 Å². The standard InChI is InChI=1S/C34H41N9O3/c1-20(36-19-30(44)43-26(18-35)15-25-16-29(25)43)17-34(33-37-38-39-42(33)6)27-11-9-23(31(45)40(2)3)13-21(27)7-8-22-14-24(10-12-28(22)34)32(46)41(4)5/h9-14,20,25-26,29,36H,7-8,15-17,19H2,1-6H3/t20-,25-,26+,29+/m1/s1. The quantitative estimate of drug-likeness (QED) is 0.402. The van der Waals surface area contributed by atoms with Crippen molar-refractivity contribution in [2.24, 2.45) is 13.0 Å². The zero-order valence-electron chi connectivity index (χ0n) is 27.3. The molecule has 2 aliphatic carbocycles. The van der Waals surface area contributed by atoms with E-state index in [0.29, 0.717) is 42.1 Å². The largest absolute Gasteiger partial charge is 0.345 e. The summed E-state index contributed by atoms with van der Waals surface area (Å²) in [5, 5.41) is 26.0. The lowest BCUT2D eigenvalue weighted by Gasteiger charge is -2.37. The lowest BCUT2D eigenvalue weighted by atomic mass is 9.67. The van der Waals surface area contributed by atoms with Gasteiger partial charge in [-0.15, -0.1) is 5.10 Å². The topological polar surface area (TPSA) is 140 Å². The van der Waals surface area contributed by atoms with Gasteiger partial charge in [-0.2, -0.15) is 5.26 Å². The van der Waals surface area contributed by atoms with Gasteiger partial charge < -0.3 is 20.0 Å². The number of tetrazole rings is 1. The molecule has 0 bridgehead atoms. The molecule has 1 aliphatic heterocycles. The second-order valence-corrected chi connectivity index (χ2v) is 13.4. The predicted octanol–water partition coefficient (Wildman–Crippen LogP) is 1.93. The Bertz CT molecular complexity index is 1670. The predicted molar refractivity (Wildman–Crippen MR) is 170 cm³/mol. The number of carbonyl (C=O) groups is 3. The molecule has 12 nitrogen and oxygen atoms in total. The van der Waals surface area contributed by atoms with Gasteiger partial charge in [-0.05, 0) is 102 Å². The molecule has 240 valence electrons. The van der Waals surface area contributed by atoms with Gasteiger partial charge in [-0.3, -0.25) is 14.4 Å². The first kappa shape index (κ1) is 31.4. The van der Waals surface area contributed by atoms with Crippen LogP contribution in [-0.4, -0.2) is 105 Å². The molecule has 3 amide bonds. The van der Waals surface area contributed by atoms with E-state index >= 15 is 0 Å². The number of hydrogen-bond donors (Lipinski definition) is 1. The van der Waals surface area contributed by atoms with Gasteiger partial charge in [0.25, 0.3) is 11.8 Å². The molecule has 3 aromatic rings. The van der Waals surface area contributed by atoms with Crippen molar-refractivity contribution in [1.29, 1.82) is 5.26 Å². The van der Waals surface area contributed by atoms with Crippen LogP contribution in [0.1, 0.15) is 75.0 Å². The monoisotopic (exact) mass is 623 g/mol. The zero-order chi connectivity index (χ0) is 32.9. The smallest absolute Gasteiger partial charge is 0.253 e. The molecule has 0 unspecified atom stereocenters. The summed E-state index contributed by atoms with van der Waals surface area (Å²) in [6, 6.07) is 13.6. The molecule has 2 heterocycles. The lowest BCUT2D eigenvalue weighted by molar-refractivity contribution is -0.131. The van der Waals surface area contributed by atoms with Crippen LogP contribution in [0.5, 0.6) is 0 Å². The summed E-state index contributed by atoms with van der Waals surface area (Å²) in [7, 11) is 8.77. The minimum atomic E-state index is -0.876. The Labute approximate surface area is 269 Å². The molecule has 4 atom stereocenters. The molecule has 2 fully saturated rings. The first-order valence-corrected chi connectivity index (χ1v) is 15.8. The van der Waals surface area contributed by atoms with Crippen LogP contribution in [0.4, 0.5) is 0 Å². The van der Waals surface area contributed by atoms with Gasteiger partial charge in [0.1, 0.15) is 6.04 Å². The number of aryl methyl sites for hydroxylation is 3. The number of carbonyl (C=O) groups excluding carboxylic acids is 3. The van der Waals surface area contributed by atoms with Gasteiger partial charge in [0.15, 0.2) is 5.82 Å². The number of amides is 3. The normalized spacial score (nSPS) is 21.2. The van der Waals surface area contributed by atoms with Crippen molar-refractivity contribution < 1.29 is 14.4 Å². The molecule has 46 heavy (non-hydrogen) atoms. The van der Waals surface area contributed by atoms with E-state index < -0.39 is 5.41 Å². The number of aromatic nitrogens is 4. The summed E-state index contributed by atoms with van der Waals surface area (Å²) in [6.07, 6.45) is 3.53. The SMILES string of the molecule is C[C@H](CC1(c2nnnn2C)c2ccc(C(=O)N(C)C)cc2CCc2cc(C(=O)N(C)C)ccc21)NCC(=O)N1[C@H](C#N)C[C@@H]2C[C@@H]21. The Balaban J connectivity index is 1.44. The fourth-order valence-corrected chi connectivity index (χ4v) is 7.59. The number of likely N-dealkylation sites (tertiary alicyclic amines) is 1. The fourth-order valence-electron chi connectivity index (χ4n) is 7.59. The van der Waals surface area contributed by atoms with Crippen LogP contribution in [0.15, 0.2) is 36.4 Å². The van der Waals surface area contributed by atoms with Crippen LogP contribution in [0.25, 0.3) is 0 Å². The van der Waals surface area contributed by atoms with Crippen LogP contribution in [0.3, 0.4) is 0 Å². The molecule has 1 N–H and O–H groups in total. The average molecular weight is 624 g/mol. The molecule has 6 rings (SSSR count). The number of fused-ring (bicyclic) bond motifs is 3. The number of nitrogens with zero attached hydrogens (tertiary/aromatic N) is 8. The van der Waals surface area contributed by atoms with E-state index in [1.54, 1.807) is 47.6 Å². The molecular weight excluding hydrogens is 582 g/mol. The maximum Gasteiger partial charge on any atom is 0.253 e. The Morgan fingerprint density at radius 1 is 1.00 bits per heavy atom. The van der Waals surface area contributed by atoms with Crippen LogP contribution in [-0.2, 0) is 30.1 Å². The van der Waals surface area contributed by atoms with Crippen molar-refractivity contribution in [3.63, 3.8) is 0 Å². The summed E-state index contributed by atoms with van der Waals surface area (Å²) in [4.78, 5) is 44.4. The third-order valence-electron chi connectivity index (χ3n) is 9.86. The van der Waals surface area contributed by atoms with Crippen molar-refractivity contribution in [2.45, 2.75) is 62.6 Å². The van der Waals surface area contributed by atoms with Gasteiger partial charge in [0, 0.05) is 58.4 Å². The number of hydrogen-bond acceptors (Lipinski definition) is 8. The van der Waals surface area contributed by atoms with E-state index in [0.717, 1.165) is 35.1 Å². The second-order valence-electron chi connectivity index (χ2n) is 13.4. The van der Waals surface area contributed by atoms with Crippen molar-refractivity contribution in [3.8, 4) is 6.07 Å². The molecule has 2 aromatic carbocycles. The third kappa shape index (κ3) is 5.32. The van der Waals surface area contributed by atoms with E-state index in [1.807, 2.05) is 50.4 Å². The maximum absolute atomic E-state index is 13.4. The maximum atomic E-state index is 13.4. The number of rotatable bonds is 8. The molecule has 1 saturated heterocycles. The summed E-state index contributed by atoms with van der Waals surface area (Å²) >= 11 is 0. The van der Waals surface area contributed by atoms with Crippen molar-refractivity contribution in [1.82, 2.24) is 40.2 Å². The summed E-state index contributed by atoms with van der Waals surface area (Å²) in [6.45, 7) is 2.16. The van der Waals surface area contributed by atoms with E-state index in [4.69, 9.17) is 0 Å². The Kier molecular flexibility index (Phi) is 8.14.